The molecule has 0 aliphatic rings. The summed E-state index contributed by atoms with van der Waals surface area (Å²) in [5.74, 6) is 0.540. The molecule has 0 unspecified atom stereocenters. The van der Waals surface area contributed by atoms with Gasteiger partial charge in [-0.05, 0) is 44.0 Å². The van der Waals surface area contributed by atoms with Crippen molar-refractivity contribution in [2.24, 2.45) is 0 Å². The fourth-order valence-electron chi connectivity index (χ4n) is 2.07. The van der Waals surface area contributed by atoms with Crippen LogP contribution in [0.3, 0.4) is 0 Å². The molecule has 20 heavy (non-hydrogen) atoms. The maximum absolute atomic E-state index is 6.23. The van der Waals surface area contributed by atoms with Gasteiger partial charge in [-0.2, -0.15) is 0 Å². The van der Waals surface area contributed by atoms with E-state index in [4.69, 9.17) is 11.6 Å². The Morgan fingerprint density at radius 2 is 1.95 bits per heavy atom. The lowest BCUT2D eigenvalue weighted by Gasteiger charge is -2.10. The van der Waals surface area contributed by atoms with Crippen molar-refractivity contribution in [2.45, 2.75) is 20.8 Å². The zero-order valence-corrected chi connectivity index (χ0v) is 13.1. The number of benzene rings is 1. The van der Waals surface area contributed by atoms with Crippen molar-refractivity contribution in [3.63, 3.8) is 0 Å². The molecule has 0 saturated carbocycles. The first-order valence-corrected chi connectivity index (χ1v) is 7.51. The maximum atomic E-state index is 6.23. The van der Waals surface area contributed by atoms with E-state index < -0.39 is 0 Å². The summed E-state index contributed by atoms with van der Waals surface area (Å²) < 4.78 is 0. The van der Waals surface area contributed by atoms with Gasteiger partial charge in [-0.25, -0.2) is 9.97 Å². The topological polar surface area (TPSA) is 37.8 Å². The Labute approximate surface area is 126 Å². The minimum atomic E-state index is 0.493. The van der Waals surface area contributed by atoms with Crippen LogP contribution in [0.5, 0.6) is 0 Å². The zero-order valence-electron chi connectivity index (χ0n) is 11.5. The van der Waals surface area contributed by atoms with Gasteiger partial charge in [0.15, 0.2) is 0 Å². The van der Waals surface area contributed by atoms with Gasteiger partial charge >= 0.3 is 0 Å². The first-order chi connectivity index (χ1) is 9.54. The van der Waals surface area contributed by atoms with Gasteiger partial charge in [0.1, 0.15) is 9.98 Å². The fourth-order valence-corrected chi connectivity index (χ4v) is 3.23. The van der Waals surface area contributed by atoms with E-state index in [2.05, 4.69) is 35.2 Å². The number of nitrogens with one attached hydrogen (secondary N) is 1. The molecule has 3 nitrogen and oxygen atoms in total. The first-order valence-electron chi connectivity index (χ1n) is 6.31. The maximum Gasteiger partial charge on any atom is 0.230 e. The molecule has 0 amide bonds. The highest BCUT2D eigenvalue weighted by Crippen LogP contribution is 2.30. The molecule has 5 heteroatoms. The molecule has 0 saturated heterocycles. The number of rotatable bonds is 2. The van der Waals surface area contributed by atoms with E-state index in [0.717, 1.165) is 15.9 Å². The predicted molar refractivity (Wildman–Crippen MR) is 86.4 cm³/mol. The average Bonchev–Trinajstić information content (AvgIpc) is 2.76. The number of aromatic nitrogens is 2. The Kier molecular flexibility index (Phi) is 3.36. The van der Waals surface area contributed by atoms with Crippen molar-refractivity contribution in [2.75, 3.05) is 5.32 Å². The standard InChI is InChI=1S/C15H14ClN3S/c1-8-5-4-6-12(10(8)3)17-15-18-13(16)11-7-9(2)20-14(11)19-15/h4-7H,1-3H3,(H,17,18,19). The molecular formula is C15H14ClN3S. The lowest BCUT2D eigenvalue weighted by molar-refractivity contribution is 1.21. The van der Waals surface area contributed by atoms with E-state index in [-0.39, 0.29) is 0 Å². The van der Waals surface area contributed by atoms with Crippen LogP contribution < -0.4 is 5.32 Å². The second-order valence-electron chi connectivity index (χ2n) is 4.79. The van der Waals surface area contributed by atoms with Gasteiger partial charge in [-0.3, -0.25) is 0 Å². The highest BCUT2D eigenvalue weighted by atomic mass is 35.5. The van der Waals surface area contributed by atoms with E-state index in [0.29, 0.717) is 11.1 Å². The number of nitrogens with zero attached hydrogens (tertiary/aromatic N) is 2. The molecule has 0 bridgehead atoms. The summed E-state index contributed by atoms with van der Waals surface area (Å²) in [5, 5.41) is 4.67. The van der Waals surface area contributed by atoms with Gasteiger partial charge in [0.05, 0.1) is 0 Å². The minimum Gasteiger partial charge on any atom is -0.324 e. The van der Waals surface area contributed by atoms with Crippen LogP contribution in [-0.4, -0.2) is 9.97 Å². The van der Waals surface area contributed by atoms with E-state index in [1.807, 2.05) is 25.1 Å². The number of thiophene rings is 1. The Morgan fingerprint density at radius 1 is 1.15 bits per heavy atom. The van der Waals surface area contributed by atoms with Gasteiger partial charge in [0.2, 0.25) is 5.95 Å². The highest BCUT2D eigenvalue weighted by molar-refractivity contribution is 7.18. The molecule has 1 aromatic carbocycles. The molecule has 0 aliphatic carbocycles. The summed E-state index contributed by atoms with van der Waals surface area (Å²) >= 11 is 7.85. The van der Waals surface area contributed by atoms with E-state index in [1.165, 1.54) is 16.0 Å². The summed E-state index contributed by atoms with van der Waals surface area (Å²) in [6.07, 6.45) is 0. The quantitative estimate of drug-likeness (QED) is 0.676. The van der Waals surface area contributed by atoms with Crippen LogP contribution in [0.4, 0.5) is 11.6 Å². The van der Waals surface area contributed by atoms with Crippen LogP contribution in [0.15, 0.2) is 24.3 Å². The molecule has 3 rings (SSSR count). The molecule has 3 aromatic rings. The lowest BCUT2D eigenvalue weighted by atomic mass is 10.1. The number of fused-ring (bicyclic) bond motifs is 1. The van der Waals surface area contributed by atoms with Crippen LogP contribution in [0.2, 0.25) is 5.15 Å². The van der Waals surface area contributed by atoms with Gasteiger partial charge in [-0.15, -0.1) is 11.3 Å². The van der Waals surface area contributed by atoms with Gasteiger partial charge in [0.25, 0.3) is 0 Å². The molecular weight excluding hydrogens is 290 g/mol. The summed E-state index contributed by atoms with van der Waals surface area (Å²) in [7, 11) is 0. The van der Waals surface area contributed by atoms with Crippen LogP contribution in [0, 0.1) is 20.8 Å². The van der Waals surface area contributed by atoms with Gasteiger partial charge < -0.3 is 5.32 Å². The third-order valence-corrected chi connectivity index (χ3v) is 4.55. The molecule has 0 fully saturated rings. The monoisotopic (exact) mass is 303 g/mol. The molecule has 0 atom stereocenters. The minimum absolute atomic E-state index is 0.493. The number of anilines is 2. The molecule has 2 heterocycles. The molecule has 102 valence electrons. The van der Waals surface area contributed by atoms with Gasteiger partial charge in [0, 0.05) is 16.0 Å². The average molecular weight is 304 g/mol. The van der Waals surface area contributed by atoms with Crippen molar-refractivity contribution in [1.29, 1.82) is 0 Å². The Hall–Kier alpha value is -1.65. The molecule has 0 radical (unpaired) electrons. The molecule has 0 spiro atoms. The smallest absolute Gasteiger partial charge is 0.230 e. The summed E-state index contributed by atoms with van der Waals surface area (Å²) in [6.45, 7) is 6.20. The number of hydrogen-bond acceptors (Lipinski definition) is 4. The zero-order chi connectivity index (χ0) is 14.3. The SMILES string of the molecule is Cc1cc2c(Cl)nc(Nc3cccc(C)c3C)nc2s1. The summed E-state index contributed by atoms with van der Waals surface area (Å²) in [6, 6.07) is 8.13. The lowest BCUT2D eigenvalue weighted by Crippen LogP contribution is -1.99. The summed E-state index contributed by atoms with van der Waals surface area (Å²) in [5.41, 5.74) is 3.43. The van der Waals surface area contributed by atoms with E-state index in [9.17, 15) is 0 Å². The van der Waals surface area contributed by atoms with Crippen molar-refractivity contribution >= 4 is 44.8 Å². The second-order valence-corrected chi connectivity index (χ2v) is 6.38. The molecule has 0 aliphatic heterocycles. The van der Waals surface area contributed by atoms with Crippen LogP contribution in [0.1, 0.15) is 16.0 Å². The third kappa shape index (κ3) is 2.37. The van der Waals surface area contributed by atoms with Crippen molar-refractivity contribution in [1.82, 2.24) is 9.97 Å². The van der Waals surface area contributed by atoms with E-state index in [1.54, 1.807) is 11.3 Å². The number of hydrogen-bond donors (Lipinski definition) is 1. The fraction of sp³-hybridized carbons (Fsp3) is 0.200. The second kappa shape index (κ2) is 5.04. The van der Waals surface area contributed by atoms with Crippen LogP contribution in [-0.2, 0) is 0 Å². The van der Waals surface area contributed by atoms with Crippen molar-refractivity contribution in [3.8, 4) is 0 Å². The third-order valence-electron chi connectivity index (χ3n) is 3.32. The van der Waals surface area contributed by atoms with Crippen molar-refractivity contribution in [3.05, 3.63) is 45.4 Å². The van der Waals surface area contributed by atoms with Crippen molar-refractivity contribution < 1.29 is 0 Å². The highest BCUT2D eigenvalue weighted by Gasteiger charge is 2.10. The van der Waals surface area contributed by atoms with E-state index >= 15 is 0 Å². The Morgan fingerprint density at radius 3 is 2.75 bits per heavy atom. The first kappa shape index (κ1) is 13.3. The normalized spacial score (nSPS) is 11.0. The number of aryl methyl sites for hydroxylation is 2. The van der Waals surface area contributed by atoms with Crippen LogP contribution in [0.25, 0.3) is 10.2 Å². The largest absolute Gasteiger partial charge is 0.324 e. The Bertz CT molecular complexity index is 795. The molecule has 1 N–H and O–H groups in total. The summed E-state index contributed by atoms with van der Waals surface area (Å²) in [4.78, 5) is 11.0. The Balaban J connectivity index is 2.04. The van der Waals surface area contributed by atoms with Crippen LogP contribution >= 0.6 is 22.9 Å². The predicted octanol–water partition coefficient (Wildman–Crippen LogP) is 5.01. The molecule has 2 aromatic heterocycles. The number of halogens is 1. The van der Waals surface area contributed by atoms with Gasteiger partial charge in [-0.1, -0.05) is 23.7 Å².